The number of hydrogen-bond donors (Lipinski definition) is 0. The van der Waals surface area contributed by atoms with E-state index in [9.17, 15) is 17.6 Å². The molecule has 1 saturated carbocycles. The van der Waals surface area contributed by atoms with Gasteiger partial charge in [-0.1, -0.05) is 30.3 Å². The minimum Gasteiger partial charge on any atom is -0.355 e. The van der Waals surface area contributed by atoms with Crippen molar-refractivity contribution in [1.29, 1.82) is 0 Å². The maximum atomic E-state index is 14.2. The smallest absolute Gasteiger partial charge is 0.285 e. The van der Waals surface area contributed by atoms with Crippen molar-refractivity contribution in [3.8, 4) is 0 Å². The van der Waals surface area contributed by atoms with E-state index < -0.39 is 10.0 Å². The van der Waals surface area contributed by atoms with E-state index in [2.05, 4.69) is 4.40 Å². The van der Waals surface area contributed by atoms with Crippen LogP contribution in [0.15, 0.2) is 57.8 Å². The van der Waals surface area contributed by atoms with E-state index >= 15 is 0 Å². The van der Waals surface area contributed by atoms with Gasteiger partial charge in [-0.15, -0.1) is 4.40 Å². The highest BCUT2D eigenvalue weighted by atomic mass is 32.2. The fourth-order valence-electron chi connectivity index (χ4n) is 4.51. The number of halogens is 1. The van der Waals surface area contributed by atoms with Gasteiger partial charge in [-0.25, -0.2) is 4.39 Å². The zero-order valence-corrected chi connectivity index (χ0v) is 17.9. The van der Waals surface area contributed by atoms with Crippen LogP contribution >= 0.6 is 0 Å². The first-order valence-corrected chi connectivity index (χ1v) is 12.1. The largest absolute Gasteiger partial charge is 0.355 e. The Balaban J connectivity index is 1.37. The van der Waals surface area contributed by atoms with Crippen LogP contribution in [0.4, 0.5) is 4.39 Å². The molecule has 6 nitrogen and oxygen atoms in total. The van der Waals surface area contributed by atoms with Crippen LogP contribution in [0.25, 0.3) is 0 Å². The van der Waals surface area contributed by atoms with Gasteiger partial charge in [0.15, 0.2) is 5.84 Å². The lowest BCUT2D eigenvalue weighted by molar-refractivity contribution is -0.138. The molecule has 8 heteroatoms. The number of carbonyl (C=O) groups excluding carboxylic acids is 1. The fraction of sp³-hybridized carbons (Fsp3) is 0.391. The molecule has 5 rings (SSSR count). The van der Waals surface area contributed by atoms with Gasteiger partial charge in [0.05, 0.1) is 5.92 Å². The quantitative estimate of drug-likeness (QED) is 0.731. The second-order valence-corrected chi connectivity index (χ2v) is 10.0. The van der Waals surface area contributed by atoms with Gasteiger partial charge in [-0.05, 0) is 43.9 Å². The topological polar surface area (TPSA) is 70.0 Å². The monoisotopic (exact) mass is 441 g/mol. The van der Waals surface area contributed by atoms with Crippen LogP contribution in [0.3, 0.4) is 0 Å². The van der Waals surface area contributed by atoms with Crippen molar-refractivity contribution in [3.05, 3.63) is 65.5 Å². The van der Waals surface area contributed by atoms with Crippen molar-refractivity contribution in [1.82, 2.24) is 9.80 Å². The molecule has 2 aliphatic heterocycles. The second kappa shape index (κ2) is 7.75. The van der Waals surface area contributed by atoms with Gasteiger partial charge in [-0.3, -0.25) is 4.79 Å². The predicted molar refractivity (Wildman–Crippen MR) is 114 cm³/mol. The summed E-state index contributed by atoms with van der Waals surface area (Å²) in [4.78, 5) is 17.4. The van der Waals surface area contributed by atoms with Crippen molar-refractivity contribution in [2.45, 2.75) is 43.2 Å². The minimum atomic E-state index is -3.70. The lowest BCUT2D eigenvalue weighted by Crippen LogP contribution is -2.47. The second-order valence-electron chi connectivity index (χ2n) is 8.46. The van der Waals surface area contributed by atoms with Crippen LogP contribution in [0.1, 0.15) is 36.8 Å². The number of hydrogen-bond acceptors (Lipinski definition) is 4. The average Bonchev–Trinajstić information content (AvgIpc) is 3.58. The van der Waals surface area contributed by atoms with E-state index in [0.29, 0.717) is 30.1 Å². The Labute approximate surface area is 181 Å². The molecule has 0 bridgehead atoms. The number of rotatable bonds is 4. The SMILES string of the molecule is O=C(C1CCCN(C2=NS(=O)(=O)c3ccccc32)C1)N(Cc1ccccc1F)C1CC1. The third kappa shape index (κ3) is 3.84. The summed E-state index contributed by atoms with van der Waals surface area (Å²) >= 11 is 0. The minimum absolute atomic E-state index is 0.0187. The van der Waals surface area contributed by atoms with Crippen molar-refractivity contribution >= 4 is 21.8 Å². The van der Waals surface area contributed by atoms with Gasteiger partial charge in [0.25, 0.3) is 10.0 Å². The molecule has 0 radical (unpaired) electrons. The summed E-state index contributed by atoms with van der Waals surface area (Å²) in [6.07, 6.45) is 3.39. The van der Waals surface area contributed by atoms with E-state index in [1.165, 1.54) is 6.07 Å². The standard InChI is InChI=1S/C23H24FN3O3S/c24-20-9-3-1-6-16(20)15-27(18-11-12-18)23(28)17-7-5-13-26(14-17)22-19-8-2-4-10-21(19)31(29,30)25-22/h1-4,6,8-10,17-18H,5,7,11-15H2. The number of carbonyl (C=O) groups is 1. The van der Waals surface area contributed by atoms with Gasteiger partial charge in [0.2, 0.25) is 5.91 Å². The van der Waals surface area contributed by atoms with Crippen LogP contribution < -0.4 is 0 Å². The maximum Gasteiger partial charge on any atom is 0.285 e. The van der Waals surface area contributed by atoms with E-state index in [0.717, 1.165) is 25.7 Å². The van der Waals surface area contributed by atoms with E-state index in [4.69, 9.17) is 0 Å². The molecular weight excluding hydrogens is 417 g/mol. The van der Waals surface area contributed by atoms with Crippen LogP contribution in [0.2, 0.25) is 0 Å². The molecule has 1 amide bonds. The zero-order valence-electron chi connectivity index (χ0n) is 17.1. The Kier molecular flexibility index (Phi) is 5.04. The number of amidine groups is 1. The summed E-state index contributed by atoms with van der Waals surface area (Å²) in [5, 5.41) is 0. The molecule has 1 aliphatic carbocycles. The summed E-state index contributed by atoms with van der Waals surface area (Å²) in [5.74, 6) is -0.113. The predicted octanol–water partition coefficient (Wildman–Crippen LogP) is 3.18. The van der Waals surface area contributed by atoms with Crippen molar-refractivity contribution in [3.63, 3.8) is 0 Å². The van der Waals surface area contributed by atoms with Crippen molar-refractivity contribution < 1.29 is 17.6 Å². The summed E-state index contributed by atoms with van der Waals surface area (Å²) in [6.45, 7) is 1.34. The highest BCUT2D eigenvalue weighted by Crippen LogP contribution is 2.33. The molecular formula is C23H24FN3O3S. The number of sulfonamides is 1. The molecule has 0 N–H and O–H groups in total. The molecule has 2 aromatic rings. The molecule has 0 spiro atoms. The molecule has 1 unspecified atom stereocenters. The van der Waals surface area contributed by atoms with Crippen LogP contribution in [-0.4, -0.2) is 49.1 Å². The van der Waals surface area contributed by atoms with Crippen molar-refractivity contribution in [2.24, 2.45) is 10.3 Å². The van der Waals surface area contributed by atoms with Crippen LogP contribution in [0, 0.1) is 11.7 Å². The lowest BCUT2D eigenvalue weighted by atomic mass is 9.95. The maximum absolute atomic E-state index is 14.2. The molecule has 1 saturated heterocycles. The highest BCUT2D eigenvalue weighted by molar-refractivity contribution is 7.90. The first-order chi connectivity index (χ1) is 14.9. The third-order valence-corrected chi connectivity index (χ3v) is 7.58. The van der Waals surface area contributed by atoms with Crippen LogP contribution in [-0.2, 0) is 21.4 Å². The summed E-state index contributed by atoms with van der Waals surface area (Å²) < 4.78 is 43.1. The fourth-order valence-corrected chi connectivity index (χ4v) is 5.73. The number of piperidine rings is 1. The summed E-state index contributed by atoms with van der Waals surface area (Å²) in [7, 11) is -3.70. The van der Waals surface area contributed by atoms with Crippen molar-refractivity contribution in [2.75, 3.05) is 13.1 Å². The molecule has 2 heterocycles. The van der Waals surface area contributed by atoms with E-state index in [1.54, 1.807) is 42.5 Å². The number of likely N-dealkylation sites (tertiary alicyclic amines) is 1. The number of fused-ring (bicyclic) bond motifs is 1. The van der Waals surface area contributed by atoms with E-state index in [1.807, 2.05) is 9.80 Å². The molecule has 1 atom stereocenters. The first kappa shape index (κ1) is 20.2. The molecule has 0 aromatic heterocycles. The van der Waals surface area contributed by atoms with Gasteiger partial charge >= 0.3 is 0 Å². The molecule has 2 aromatic carbocycles. The zero-order chi connectivity index (χ0) is 21.6. The lowest BCUT2D eigenvalue weighted by Gasteiger charge is -2.36. The Morgan fingerprint density at radius 2 is 1.84 bits per heavy atom. The number of amides is 1. The summed E-state index contributed by atoms with van der Waals surface area (Å²) in [5.41, 5.74) is 1.12. The Morgan fingerprint density at radius 3 is 2.61 bits per heavy atom. The number of nitrogens with zero attached hydrogens (tertiary/aromatic N) is 3. The number of benzene rings is 2. The molecule has 3 aliphatic rings. The third-order valence-electron chi connectivity index (χ3n) is 6.25. The van der Waals surface area contributed by atoms with Gasteiger partial charge in [0.1, 0.15) is 10.7 Å². The molecule has 31 heavy (non-hydrogen) atoms. The molecule has 2 fully saturated rings. The summed E-state index contributed by atoms with van der Waals surface area (Å²) in [6, 6.07) is 13.5. The van der Waals surface area contributed by atoms with Gasteiger partial charge in [-0.2, -0.15) is 8.42 Å². The highest BCUT2D eigenvalue weighted by Gasteiger charge is 2.39. The Morgan fingerprint density at radius 1 is 1.10 bits per heavy atom. The normalized spacial score (nSPS) is 22.0. The Hall–Kier alpha value is -2.74. The van der Waals surface area contributed by atoms with Gasteiger partial charge in [0, 0.05) is 36.8 Å². The molecule has 162 valence electrons. The van der Waals surface area contributed by atoms with Gasteiger partial charge < -0.3 is 9.80 Å². The van der Waals surface area contributed by atoms with Crippen LogP contribution in [0.5, 0.6) is 0 Å². The Bertz CT molecular complexity index is 1160. The first-order valence-electron chi connectivity index (χ1n) is 10.7. The van der Waals surface area contributed by atoms with E-state index in [-0.39, 0.29) is 35.1 Å². The average molecular weight is 442 g/mol.